The molecule has 1 N–H and O–H groups in total. The van der Waals surface area contributed by atoms with Gasteiger partial charge in [0.15, 0.2) is 5.69 Å². The molecule has 2 fully saturated rings. The Bertz CT molecular complexity index is 762. The molecule has 2 aliphatic heterocycles. The highest BCUT2D eigenvalue weighted by atomic mass is 16.1. The standard InChI is InChI=1S/C16H17N5O/c17-6-14-10-21-8-12(1-2-15(21)18-14)16(22)19-13-5-11-3-4-20(7-11)9-13/h1-2,8,10-11,13H,3-5,7,9H2,(H,19,22)/t11-,13+/m0/s1. The Morgan fingerprint density at radius 3 is 3.09 bits per heavy atom. The molecule has 4 rings (SSSR count). The fourth-order valence-corrected chi connectivity index (χ4v) is 3.61. The summed E-state index contributed by atoms with van der Waals surface area (Å²) in [5.74, 6) is 0.676. The molecule has 3 atom stereocenters. The van der Waals surface area contributed by atoms with Gasteiger partial charge in [-0.25, -0.2) is 4.98 Å². The minimum absolute atomic E-state index is 0.0541. The largest absolute Gasteiger partial charge is 0.348 e. The maximum atomic E-state index is 12.4. The minimum atomic E-state index is -0.0541. The Hall–Kier alpha value is -2.39. The molecule has 2 bridgehead atoms. The van der Waals surface area contributed by atoms with Gasteiger partial charge in [0.2, 0.25) is 0 Å². The maximum absolute atomic E-state index is 12.4. The van der Waals surface area contributed by atoms with Gasteiger partial charge in [0.1, 0.15) is 11.7 Å². The van der Waals surface area contributed by atoms with Crippen LogP contribution >= 0.6 is 0 Å². The summed E-state index contributed by atoms with van der Waals surface area (Å²) in [4.78, 5) is 19.0. The van der Waals surface area contributed by atoms with Gasteiger partial charge in [-0.15, -0.1) is 0 Å². The van der Waals surface area contributed by atoms with Gasteiger partial charge in [0.25, 0.3) is 5.91 Å². The van der Waals surface area contributed by atoms with E-state index in [1.54, 1.807) is 28.9 Å². The van der Waals surface area contributed by atoms with E-state index in [9.17, 15) is 4.79 Å². The van der Waals surface area contributed by atoms with Gasteiger partial charge in [0, 0.05) is 31.5 Å². The Balaban J connectivity index is 1.51. The fraction of sp³-hybridized carbons (Fsp3) is 0.438. The van der Waals surface area contributed by atoms with Crippen molar-refractivity contribution in [1.29, 1.82) is 5.26 Å². The number of carbonyl (C=O) groups excluding carboxylic acids is 1. The first kappa shape index (κ1) is 13.3. The normalized spacial score (nSPS) is 26.8. The predicted octanol–water partition coefficient (Wildman–Crippen LogP) is 1.03. The number of hydrogen-bond donors (Lipinski definition) is 1. The third kappa shape index (κ3) is 2.34. The zero-order chi connectivity index (χ0) is 15.1. The van der Waals surface area contributed by atoms with Crippen molar-refractivity contribution in [2.45, 2.75) is 18.9 Å². The molecule has 2 aromatic rings. The lowest BCUT2D eigenvalue weighted by molar-refractivity contribution is 0.0909. The highest BCUT2D eigenvalue weighted by molar-refractivity contribution is 5.94. The summed E-state index contributed by atoms with van der Waals surface area (Å²) in [5.41, 5.74) is 1.63. The van der Waals surface area contributed by atoms with Gasteiger partial charge in [-0.1, -0.05) is 0 Å². The van der Waals surface area contributed by atoms with Crippen molar-refractivity contribution in [3.8, 4) is 6.07 Å². The Labute approximate surface area is 128 Å². The Morgan fingerprint density at radius 2 is 2.27 bits per heavy atom. The molecule has 22 heavy (non-hydrogen) atoms. The summed E-state index contributed by atoms with van der Waals surface area (Å²) in [6, 6.07) is 5.78. The second kappa shape index (κ2) is 5.11. The summed E-state index contributed by atoms with van der Waals surface area (Å²) < 4.78 is 1.72. The van der Waals surface area contributed by atoms with Gasteiger partial charge in [-0.05, 0) is 37.4 Å². The second-order valence-electron chi connectivity index (χ2n) is 6.24. The molecule has 1 unspecified atom stereocenters. The second-order valence-corrected chi connectivity index (χ2v) is 6.24. The van der Waals surface area contributed by atoms with Crippen molar-refractivity contribution in [3.05, 3.63) is 35.8 Å². The number of imidazole rings is 1. The summed E-state index contributed by atoms with van der Waals surface area (Å²) >= 11 is 0. The first-order chi connectivity index (χ1) is 10.7. The third-order valence-electron chi connectivity index (χ3n) is 4.63. The van der Waals surface area contributed by atoms with E-state index in [0.29, 0.717) is 16.9 Å². The van der Waals surface area contributed by atoms with Crippen molar-refractivity contribution < 1.29 is 4.79 Å². The summed E-state index contributed by atoms with van der Waals surface area (Å²) in [5, 5.41) is 12.0. The molecule has 0 saturated carbocycles. The maximum Gasteiger partial charge on any atom is 0.253 e. The molecule has 2 aliphatic rings. The van der Waals surface area contributed by atoms with E-state index >= 15 is 0 Å². The molecule has 6 nitrogen and oxygen atoms in total. The van der Waals surface area contributed by atoms with Crippen molar-refractivity contribution in [1.82, 2.24) is 19.6 Å². The van der Waals surface area contributed by atoms with Crippen molar-refractivity contribution in [3.63, 3.8) is 0 Å². The lowest BCUT2D eigenvalue weighted by Gasteiger charge is -2.30. The first-order valence-corrected chi connectivity index (χ1v) is 7.63. The molecule has 6 heteroatoms. The van der Waals surface area contributed by atoms with E-state index < -0.39 is 0 Å². The average Bonchev–Trinajstić information content (AvgIpc) is 3.09. The van der Waals surface area contributed by atoms with Gasteiger partial charge < -0.3 is 14.6 Å². The number of nitriles is 1. The summed E-state index contributed by atoms with van der Waals surface area (Å²) in [7, 11) is 0. The van der Waals surface area contributed by atoms with E-state index in [1.807, 2.05) is 6.07 Å². The molecular weight excluding hydrogens is 278 g/mol. The lowest BCUT2D eigenvalue weighted by atomic mass is 9.96. The van der Waals surface area contributed by atoms with Crippen LogP contribution in [0.1, 0.15) is 28.9 Å². The van der Waals surface area contributed by atoms with E-state index in [-0.39, 0.29) is 11.9 Å². The molecule has 0 radical (unpaired) electrons. The van der Waals surface area contributed by atoms with Crippen molar-refractivity contribution >= 4 is 11.6 Å². The number of amides is 1. The number of pyridine rings is 1. The van der Waals surface area contributed by atoms with E-state index in [0.717, 1.165) is 25.4 Å². The number of aromatic nitrogens is 2. The highest BCUT2D eigenvalue weighted by Crippen LogP contribution is 2.26. The van der Waals surface area contributed by atoms with Crippen LogP contribution < -0.4 is 5.32 Å². The van der Waals surface area contributed by atoms with Gasteiger partial charge in [0.05, 0.1) is 5.56 Å². The van der Waals surface area contributed by atoms with Crippen LogP contribution in [0.15, 0.2) is 24.5 Å². The monoisotopic (exact) mass is 295 g/mol. The summed E-state index contributed by atoms with van der Waals surface area (Å²) in [6.45, 7) is 3.30. The number of piperidine rings is 1. The number of nitrogens with one attached hydrogen (secondary N) is 1. The Morgan fingerprint density at radius 1 is 1.36 bits per heavy atom. The first-order valence-electron chi connectivity index (χ1n) is 7.63. The van der Waals surface area contributed by atoms with Crippen LogP contribution in [0.5, 0.6) is 0 Å². The SMILES string of the molecule is N#Cc1cn2cc(C(=O)N[C@@H]3C[C@@H]4CCN(C4)C3)ccc2n1. The zero-order valence-electron chi connectivity index (χ0n) is 12.2. The highest BCUT2D eigenvalue weighted by Gasteiger charge is 2.32. The van der Waals surface area contributed by atoms with Crippen molar-refractivity contribution in [2.24, 2.45) is 5.92 Å². The van der Waals surface area contributed by atoms with Crippen LogP contribution in [0.25, 0.3) is 5.65 Å². The predicted molar refractivity (Wildman–Crippen MR) is 80.3 cm³/mol. The summed E-state index contributed by atoms with van der Waals surface area (Å²) in [6.07, 6.45) is 5.70. The van der Waals surface area contributed by atoms with Crippen LogP contribution in [-0.4, -0.2) is 45.9 Å². The van der Waals surface area contributed by atoms with Gasteiger partial charge in [-0.2, -0.15) is 5.26 Å². The van der Waals surface area contributed by atoms with Gasteiger partial charge >= 0.3 is 0 Å². The lowest BCUT2D eigenvalue weighted by Crippen LogP contribution is -2.47. The molecular formula is C16H17N5O. The zero-order valence-corrected chi connectivity index (χ0v) is 12.2. The number of hydrogen-bond acceptors (Lipinski definition) is 4. The molecule has 0 aromatic carbocycles. The minimum Gasteiger partial charge on any atom is -0.348 e. The fourth-order valence-electron chi connectivity index (χ4n) is 3.61. The van der Waals surface area contributed by atoms with Crippen LogP contribution in [0.4, 0.5) is 0 Å². The van der Waals surface area contributed by atoms with Crippen LogP contribution in [0, 0.1) is 17.2 Å². The average molecular weight is 295 g/mol. The topological polar surface area (TPSA) is 73.4 Å². The quantitative estimate of drug-likeness (QED) is 0.898. The van der Waals surface area contributed by atoms with E-state index in [2.05, 4.69) is 15.2 Å². The molecule has 0 aliphatic carbocycles. The number of carbonyl (C=O) groups is 1. The molecule has 2 saturated heterocycles. The van der Waals surface area contributed by atoms with Crippen LogP contribution in [0.2, 0.25) is 0 Å². The van der Waals surface area contributed by atoms with Gasteiger partial charge in [-0.3, -0.25) is 4.79 Å². The number of rotatable bonds is 2. The molecule has 112 valence electrons. The molecule has 1 amide bonds. The van der Waals surface area contributed by atoms with E-state index in [1.165, 1.54) is 13.0 Å². The van der Waals surface area contributed by atoms with Crippen molar-refractivity contribution in [2.75, 3.05) is 19.6 Å². The Kier molecular flexibility index (Phi) is 3.09. The van der Waals surface area contributed by atoms with E-state index in [4.69, 9.17) is 5.26 Å². The molecule has 0 spiro atoms. The smallest absolute Gasteiger partial charge is 0.253 e. The third-order valence-corrected chi connectivity index (χ3v) is 4.63. The number of fused-ring (bicyclic) bond motifs is 3. The van der Waals surface area contributed by atoms with Crippen LogP contribution in [-0.2, 0) is 0 Å². The number of nitrogens with zero attached hydrogens (tertiary/aromatic N) is 4. The molecule has 4 heterocycles. The van der Waals surface area contributed by atoms with Crippen LogP contribution in [0.3, 0.4) is 0 Å². The molecule has 2 aromatic heterocycles.